The lowest BCUT2D eigenvalue weighted by Gasteiger charge is -2.01. The Balaban J connectivity index is 3.35. The van der Waals surface area contributed by atoms with Crippen LogP contribution in [0.1, 0.15) is 10.4 Å². The van der Waals surface area contributed by atoms with Crippen LogP contribution in [0.5, 0.6) is 0 Å². The molecule has 1 rings (SSSR count). The second-order valence-electron chi connectivity index (χ2n) is 2.12. The van der Waals surface area contributed by atoms with E-state index in [4.69, 9.17) is 11.5 Å². The van der Waals surface area contributed by atoms with Gasteiger partial charge >= 0.3 is 0 Å². The molecule has 1 aromatic rings. The third-order valence-electron chi connectivity index (χ3n) is 1.34. The van der Waals surface area contributed by atoms with E-state index >= 15 is 0 Å². The molecule has 0 aliphatic heterocycles. The number of rotatable bonds is 1. The van der Waals surface area contributed by atoms with Gasteiger partial charge in [0, 0.05) is 5.56 Å². The summed E-state index contributed by atoms with van der Waals surface area (Å²) in [6.07, 6.45) is 0.467. The normalized spacial score (nSPS) is 9.55. The summed E-state index contributed by atoms with van der Waals surface area (Å²) in [5.74, 6) is -0.557. The summed E-state index contributed by atoms with van der Waals surface area (Å²) < 4.78 is 12.5. The quantitative estimate of drug-likeness (QED) is 0.464. The van der Waals surface area contributed by atoms with E-state index in [2.05, 4.69) is 0 Å². The Morgan fingerprint density at radius 2 is 2.00 bits per heavy atom. The van der Waals surface area contributed by atoms with Gasteiger partial charge < -0.3 is 11.5 Å². The zero-order valence-electron chi connectivity index (χ0n) is 5.67. The van der Waals surface area contributed by atoms with Crippen LogP contribution >= 0.6 is 0 Å². The van der Waals surface area contributed by atoms with Crippen molar-refractivity contribution >= 4 is 17.7 Å². The number of hydrogen-bond donors (Lipinski definition) is 2. The second-order valence-corrected chi connectivity index (χ2v) is 2.12. The van der Waals surface area contributed by atoms with Crippen molar-refractivity contribution in [2.75, 3.05) is 11.5 Å². The molecule has 0 saturated carbocycles. The van der Waals surface area contributed by atoms with Crippen molar-refractivity contribution < 1.29 is 9.18 Å². The smallest absolute Gasteiger partial charge is 0.152 e. The molecule has 0 unspecified atom stereocenters. The number of nitrogens with two attached hydrogens (primary N) is 2. The lowest BCUT2D eigenvalue weighted by Crippen LogP contribution is -2.00. The van der Waals surface area contributed by atoms with E-state index in [1.807, 2.05) is 0 Å². The molecule has 0 fully saturated rings. The minimum atomic E-state index is -0.557. The van der Waals surface area contributed by atoms with E-state index in [1.165, 1.54) is 0 Å². The van der Waals surface area contributed by atoms with Crippen molar-refractivity contribution in [1.29, 1.82) is 0 Å². The van der Waals surface area contributed by atoms with Crippen LogP contribution in [0.25, 0.3) is 0 Å². The molecule has 4 N–H and O–H groups in total. The first kappa shape index (κ1) is 7.53. The number of carbonyl (C=O) groups excluding carboxylic acids is 1. The molecule has 0 amide bonds. The van der Waals surface area contributed by atoms with Gasteiger partial charge in [-0.2, -0.15) is 0 Å². The first-order chi connectivity index (χ1) is 5.15. The average Bonchev–Trinajstić information content (AvgIpc) is 1.96. The Labute approximate surface area is 62.8 Å². The molecule has 3 nitrogen and oxygen atoms in total. The SMILES string of the molecule is Nc1cc(F)cc(C=O)c1N. The van der Waals surface area contributed by atoms with Gasteiger partial charge in [0.25, 0.3) is 0 Å². The number of hydrogen-bond acceptors (Lipinski definition) is 3. The molecule has 0 saturated heterocycles. The fraction of sp³-hybridized carbons (Fsp3) is 0. The zero-order chi connectivity index (χ0) is 8.43. The first-order valence-electron chi connectivity index (χ1n) is 2.95. The topological polar surface area (TPSA) is 69.1 Å². The predicted octanol–water partition coefficient (Wildman–Crippen LogP) is 0.803. The number of nitrogen functional groups attached to an aromatic ring is 2. The molecule has 58 valence electrons. The van der Waals surface area contributed by atoms with Crippen LogP contribution < -0.4 is 11.5 Å². The van der Waals surface area contributed by atoms with Gasteiger partial charge in [-0.3, -0.25) is 4.79 Å². The minimum absolute atomic E-state index is 0.0856. The van der Waals surface area contributed by atoms with E-state index in [-0.39, 0.29) is 16.9 Å². The molecule has 1 aromatic carbocycles. The van der Waals surface area contributed by atoms with Gasteiger partial charge in [-0.25, -0.2) is 4.39 Å². The molecule has 0 atom stereocenters. The molecule has 0 bridgehead atoms. The van der Waals surface area contributed by atoms with Crippen LogP contribution in [0.4, 0.5) is 15.8 Å². The van der Waals surface area contributed by atoms with Crippen LogP contribution in [-0.2, 0) is 0 Å². The number of carbonyl (C=O) groups is 1. The highest BCUT2D eigenvalue weighted by Crippen LogP contribution is 2.19. The lowest BCUT2D eigenvalue weighted by molar-refractivity contribution is 0.112. The lowest BCUT2D eigenvalue weighted by atomic mass is 10.1. The predicted molar refractivity (Wildman–Crippen MR) is 40.6 cm³/mol. The Hall–Kier alpha value is -1.58. The summed E-state index contributed by atoms with van der Waals surface area (Å²) in [6.45, 7) is 0. The number of anilines is 2. The molecule has 0 aromatic heterocycles. The van der Waals surface area contributed by atoms with E-state index in [9.17, 15) is 9.18 Å². The monoisotopic (exact) mass is 154 g/mol. The van der Waals surface area contributed by atoms with Gasteiger partial charge in [-0.15, -0.1) is 0 Å². The Morgan fingerprint density at radius 1 is 1.36 bits per heavy atom. The molecule has 0 aliphatic carbocycles. The Kier molecular flexibility index (Phi) is 1.76. The highest BCUT2D eigenvalue weighted by Gasteiger charge is 2.03. The van der Waals surface area contributed by atoms with Gasteiger partial charge in [0.1, 0.15) is 5.82 Å². The molecule has 0 radical (unpaired) electrons. The van der Waals surface area contributed by atoms with Gasteiger partial charge in [-0.1, -0.05) is 0 Å². The summed E-state index contributed by atoms with van der Waals surface area (Å²) in [5, 5.41) is 0. The van der Waals surface area contributed by atoms with Crippen LogP contribution in [0, 0.1) is 5.82 Å². The minimum Gasteiger partial charge on any atom is -0.397 e. The highest BCUT2D eigenvalue weighted by molar-refractivity contribution is 5.88. The Morgan fingerprint density at radius 3 is 2.55 bits per heavy atom. The maximum atomic E-state index is 12.5. The van der Waals surface area contributed by atoms with E-state index in [0.717, 1.165) is 12.1 Å². The largest absolute Gasteiger partial charge is 0.397 e. The van der Waals surface area contributed by atoms with Crippen molar-refractivity contribution in [2.24, 2.45) is 0 Å². The molecule has 11 heavy (non-hydrogen) atoms. The van der Waals surface area contributed by atoms with Crippen molar-refractivity contribution in [3.63, 3.8) is 0 Å². The number of aldehydes is 1. The summed E-state index contributed by atoms with van der Waals surface area (Å²) in [6, 6.07) is 2.11. The maximum Gasteiger partial charge on any atom is 0.152 e. The van der Waals surface area contributed by atoms with Gasteiger partial charge in [0.15, 0.2) is 6.29 Å². The van der Waals surface area contributed by atoms with Gasteiger partial charge in [-0.05, 0) is 12.1 Å². The van der Waals surface area contributed by atoms with Crippen LogP contribution in [0.15, 0.2) is 12.1 Å². The van der Waals surface area contributed by atoms with Crippen molar-refractivity contribution in [1.82, 2.24) is 0 Å². The highest BCUT2D eigenvalue weighted by atomic mass is 19.1. The van der Waals surface area contributed by atoms with Crippen molar-refractivity contribution in [2.45, 2.75) is 0 Å². The molecule has 0 aliphatic rings. The maximum absolute atomic E-state index is 12.5. The van der Waals surface area contributed by atoms with Crippen LogP contribution in [0.3, 0.4) is 0 Å². The van der Waals surface area contributed by atoms with Crippen molar-refractivity contribution in [3.8, 4) is 0 Å². The molecule has 0 spiro atoms. The molecule has 0 heterocycles. The van der Waals surface area contributed by atoms with E-state index < -0.39 is 5.82 Å². The van der Waals surface area contributed by atoms with E-state index in [1.54, 1.807) is 0 Å². The number of halogens is 1. The summed E-state index contributed by atoms with van der Waals surface area (Å²) in [4.78, 5) is 10.2. The molecular weight excluding hydrogens is 147 g/mol. The van der Waals surface area contributed by atoms with Crippen LogP contribution in [0.2, 0.25) is 0 Å². The molecule has 4 heteroatoms. The second kappa shape index (κ2) is 2.57. The third kappa shape index (κ3) is 1.29. The van der Waals surface area contributed by atoms with Gasteiger partial charge in [0.2, 0.25) is 0 Å². The fourth-order valence-corrected chi connectivity index (χ4v) is 0.758. The molecular formula is C7H7FN2O. The Bertz CT molecular complexity index is 299. The van der Waals surface area contributed by atoms with Gasteiger partial charge in [0.05, 0.1) is 11.4 Å². The summed E-state index contributed by atoms with van der Waals surface area (Å²) >= 11 is 0. The summed E-state index contributed by atoms with van der Waals surface area (Å²) in [5.41, 5.74) is 10.9. The third-order valence-corrected chi connectivity index (χ3v) is 1.34. The first-order valence-corrected chi connectivity index (χ1v) is 2.95. The van der Waals surface area contributed by atoms with E-state index in [0.29, 0.717) is 6.29 Å². The van der Waals surface area contributed by atoms with Crippen LogP contribution in [-0.4, -0.2) is 6.29 Å². The van der Waals surface area contributed by atoms with Crippen molar-refractivity contribution in [3.05, 3.63) is 23.5 Å². The average molecular weight is 154 g/mol. The summed E-state index contributed by atoms with van der Waals surface area (Å²) in [7, 11) is 0. The zero-order valence-corrected chi connectivity index (χ0v) is 5.67. The number of benzene rings is 1. The fourth-order valence-electron chi connectivity index (χ4n) is 0.758. The standard InChI is InChI=1S/C7H7FN2O/c8-5-1-4(3-11)7(10)6(9)2-5/h1-3H,9-10H2.